The minimum Gasteiger partial charge on any atom is -0.306 e. The van der Waals surface area contributed by atoms with E-state index < -0.39 is 0 Å². The maximum Gasteiger partial charge on any atom is 0.0341 e. The molecule has 0 saturated heterocycles. The lowest BCUT2D eigenvalue weighted by Gasteiger charge is -2.27. The smallest absolute Gasteiger partial charge is 0.0341 e. The highest BCUT2D eigenvalue weighted by atomic mass is 15.0. The third-order valence-corrected chi connectivity index (χ3v) is 5.67. The molecule has 0 amide bonds. The quantitative estimate of drug-likeness (QED) is 0.317. The first-order chi connectivity index (χ1) is 15.4. The lowest BCUT2D eigenvalue weighted by molar-refractivity contribution is 0.403. The van der Waals surface area contributed by atoms with Crippen molar-refractivity contribution in [2.45, 2.75) is 31.6 Å². The molecule has 0 fully saturated rings. The Morgan fingerprint density at radius 2 is 0.742 bits per heavy atom. The molecule has 4 aromatic rings. The summed E-state index contributed by atoms with van der Waals surface area (Å²) in [5, 5.41) is 7.62. The molecule has 0 aliphatic rings. The van der Waals surface area contributed by atoms with Crippen molar-refractivity contribution in [2.75, 3.05) is 0 Å². The zero-order chi connectivity index (χ0) is 21.1. The molecule has 156 valence electrons. The van der Waals surface area contributed by atoms with Gasteiger partial charge in [-0.15, -0.1) is 0 Å². The van der Waals surface area contributed by atoms with Crippen molar-refractivity contribution in [3.63, 3.8) is 0 Å². The highest BCUT2D eigenvalue weighted by Gasteiger charge is 2.19. The number of nitrogens with one attached hydrogen (secondary N) is 2. The van der Waals surface area contributed by atoms with Crippen LogP contribution in [0.5, 0.6) is 0 Å². The fourth-order valence-electron chi connectivity index (χ4n) is 3.95. The summed E-state index contributed by atoms with van der Waals surface area (Å²) in [5.41, 5.74) is 5.25. The van der Waals surface area contributed by atoms with Crippen LogP contribution in [0, 0.1) is 0 Å². The largest absolute Gasteiger partial charge is 0.306 e. The van der Waals surface area contributed by atoms with Gasteiger partial charge in [0.25, 0.3) is 0 Å². The predicted molar refractivity (Wildman–Crippen MR) is 130 cm³/mol. The molecule has 31 heavy (non-hydrogen) atoms. The zero-order valence-corrected chi connectivity index (χ0v) is 17.8. The molecule has 0 unspecified atom stereocenters. The second-order valence-corrected chi connectivity index (χ2v) is 7.90. The van der Waals surface area contributed by atoms with Gasteiger partial charge in [0.1, 0.15) is 0 Å². The summed E-state index contributed by atoms with van der Waals surface area (Å²) in [6.07, 6.45) is 0.966. The first kappa shape index (κ1) is 21.0. The Bertz CT molecular complexity index is 917. The summed E-state index contributed by atoms with van der Waals surface area (Å²) in [6, 6.07) is 43.3. The Kier molecular flexibility index (Phi) is 7.65. The van der Waals surface area contributed by atoms with E-state index in [2.05, 4.69) is 132 Å². The van der Waals surface area contributed by atoms with Crippen LogP contribution in [0.1, 0.15) is 40.8 Å². The van der Waals surface area contributed by atoms with Gasteiger partial charge in [-0.25, -0.2) is 0 Å². The molecular formula is C29H30N2. The van der Waals surface area contributed by atoms with Gasteiger partial charge in [0.15, 0.2) is 0 Å². The molecule has 0 spiro atoms. The minimum absolute atomic E-state index is 0.245. The van der Waals surface area contributed by atoms with E-state index in [9.17, 15) is 0 Å². The van der Waals surface area contributed by atoms with Crippen LogP contribution in [0.15, 0.2) is 121 Å². The number of benzene rings is 4. The van der Waals surface area contributed by atoms with Crippen molar-refractivity contribution in [2.24, 2.45) is 0 Å². The molecule has 0 aliphatic carbocycles. The molecular weight excluding hydrogens is 376 g/mol. The summed E-state index contributed by atoms with van der Waals surface area (Å²) in [6.45, 7) is 1.70. The third-order valence-electron chi connectivity index (χ3n) is 5.67. The van der Waals surface area contributed by atoms with E-state index in [1.165, 1.54) is 22.3 Å². The van der Waals surface area contributed by atoms with Crippen molar-refractivity contribution in [3.8, 4) is 0 Å². The molecule has 0 bridgehead atoms. The van der Waals surface area contributed by atoms with Crippen molar-refractivity contribution >= 4 is 0 Å². The summed E-state index contributed by atoms with van der Waals surface area (Å²) < 4.78 is 0. The molecule has 0 aromatic heterocycles. The van der Waals surface area contributed by atoms with Gasteiger partial charge in [-0.1, -0.05) is 121 Å². The highest BCUT2D eigenvalue weighted by molar-refractivity contribution is 5.24. The molecule has 4 rings (SSSR count). The van der Waals surface area contributed by atoms with E-state index in [1.54, 1.807) is 0 Å². The van der Waals surface area contributed by atoms with Gasteiger partial charge in [0.2, 0.25) is 0 Å². The average molecular weight is 407 g/mol. The van der Waals surface area contributed by atoms with E-state index in [-0.39, 0.29) is 12.1 Å². The first-order valence-corrected chi connectivity index (χ1v) is 11.0. The summed E-state index contributed by atoms with van der Waals surface area (Å²) in [4.78, 5) is 0. The van der Waals surface area contributed by atoms with Crippen LogP contribution in [-0.2, 0) is 13.1 Å². The zero-order valence-electron chi connectivity index (χ0n) is 17.8. The maximum atomic E-state index is 3.81. The molecule has 0 saturated carbocycles. The Hall–Kier alpha value is -3.20. The maximum absolute atomic E-state index is 3.81. The Labute approximate surface area is 186 Å². The van der Waals surface area contributed by atoms with Crippen molar-refractivity contribution < 1.29 is 0 Å². The molecule has 0 aliphatic heterocycles. The Morgan fingerprint density at radius 1 is 0.419 bits per heavy atom. The van der Waals surface area contributed by atoms with Gasteiger partial charge in [-0.3, -0.25) is 0 Å². The SMILES string of the molecule is c1ccc(CN[C@@H](C[C@H](NCc2ccccc2)c2ccccc2)c2ccccc2)cc1. The predicted octanol–water partition coefficient (Wildman–Crippen LogP) is 6.44. The number of rotatable bonds is 10. The normalized spacial score (nSPS) is 12.9. The van der Waals surface area contributed by atoms with Gasteiger partial charge in [0.05, 0.1) is 0 Å². The molecule has 2 nitrogen and oxygen atoms in total. The first-order valence-electron chi connectivity index (χ1n) is 11.0. The average Bonchev–Trinajstić information content (AvgIpc) is 2.86. The summed E-state index contributed by atoms with van der Waals surface area (Å²) in [5.74, 6) is 0. The Morgan fingerprint density at radius 3 is 1.10 bits per heavy atom. The second kappa shape index (κ2) is 11.3. The fourth-order valence-corrected chi connectivity index (χ4v) is 3.95. The van der Waals surface area contributed by atoms with E-state index >= 15 is 0 Å². The van der Waals surface area contributed by atoms with Crippen LogP contribution in [0.4, 0.5) is 0 Å². The van der Waals surface area contributed by atoms with E-state index in [0.717, 1.165) is 19.5 Å². The molecule has 2 atom stereocenters. The van der Waals surface area contributed by atoms with Crippen molar-refractivity contribution in [3.05, 3.63) is 144 Å². The topological polar surface area (TPSA) is 24.1 Å². The van der Waals surface area contributed by atoms with E-state index in [4.69, 9.17) is 0 Å². The van der Waals surface area contributed by atoms with Crippen molar-refractivity contribution in [1.29, 1.82) is 0 Å². The van der Waals surface area contributed by atoms with Crippen LogP contribution in [0.25, 0.3) is 0 Å². The lowest BCUT2D eigenvalue weighted by Crippen LogP contribution is -2.28. The van der Waals surface area contributed by atoms with Gasteiger partial charge in [-0.2, -0.15) is 0 Å². The summed E-state index contributed by atoms with van der Waals surface area (Å²) >= 11 is 0. The number of hydrogen-bond acceptors (Lipinski definition) is 2. The molecule has 4 aromatic carbocycles. The molecule has 2 N–H and O–H groups in total. The van der Waals surface area contributed by atoms with Gasteiger partial charge < -0.3 is 10.6 Å². The third kappa shape index (κ3) is 6.39. The monoisotopic (exact) mass is 406 g/mol. The molecule has 0 heterocycles. The van der Waals surface area contributed by atoms with E-state index in [0.29, 0.717) is 0 Å². The van der Waals surface area contributed by atoms with Crippen LogP contribution < -0.4 is 10.6 Å². The fraction of sp³-hybridized carbons (Fsp3) is 0.172. The minimum atomic E-state index is 0.245. The number of hydrogen-bond donors (Lipinski definition) is 2. The highest BCUT2D eigenvalue weighted by Crippen LogP contribution is 2.27. The van der Waals surface area contributed by atoms with Crippen molar-refractivity contribution in [1.82, 2.24) is 10.6 Å². The lowest BCUT2D eigenvalue weighted by atomic mass is 9.94. The van der Waals surface area contributed by atoms with Crippen LogP contribution in [0.3, 0.4) is 0 Å². The van der Waals surface area contributed by atoms with Crippen LogP contribution in [0.2, 0.25) is 0 Å². The van der Waals surface area contributed by atoms with E-state index in [1.807, 2.05) is 0 Å². The van der Waals surface area contributed by atoms with Gasteiger partial charge >= 0.3 is 0 Å². The second-order valence-electron chi connectivity index (χ2n) is 7.90. The Balaban J connectivity index is 1.53. The van der Waals surface area contributed by atoms with Gasteiger partial charge in [0, 0.05) is 25.2 Å². The van der Waals surface area contributed by atoms with Crippen LogP contribution >= 0.6 is 0 Å². The molecule has 2 heteroatoms. The molecule has 0 radical (unpaired) electrons. The van der Waals surface area contributed by atoms with Gasteiger partial charge in [-0.05, 0) is 28.7 Å². The van der Waals surface area contributed by atoms with Crippen LogP contribution in [-0.4, -0.2) is 0 Å². The summed E-state index contributed by atoms with van der Waals surface area (Å²) in [7, 11) is 0. The standard InChI is InChI=1S/C29H30N2/c1-5-13-24(14-6-1)22-30-28(26-17-9-3-10-18-26)21-29(27-19-11-4-12-20-27)31-23-25-15-7-2-8-16-25/h1-20,28-31H,21-23H2/t28-,29-/m0/s1.